The standard InChI is InChI=1S/C19H16F3N3O2/c1-25-10-16(17(24-25)13-8-6-12(11-26)7-9-13)23-18(27)14-4-2-3-5-15(14)19(20,21)22/h2-10,26H,11H2,1H3,(H,23,27). The highest BCUT2D eigenvalue weighted by molar-refractivity contribution is 6.07. The van der Waals surface area contributed by atoms with Crippen LogP contribution in [-0.4, -0.2) is 20.8 Å². The Hall–Kier alpha value is -3.13. The average molecular weight is 375 g/mol. The third-order valence-electron chi connectivity index (χ3n) is 3.96. The number of hydrogen-bond donors (Lipinski definition) is 2. The topological polar surface area (TPSA) is 67.2 Å². The number of carbonyl (C=O) groups is 1. The van der Waals surface area contributed by atoms with Gasteiger partial charge in [0.15, 0.2) is 0 Å². The maximum absolute atomic E-state index is 13.2. The number of benzene rings is 2. The number of alkyl halides is 3. The second-order valence-corrected chi connectivity index (χ2v) is 5.92. The lowest BCUT2D eigenvalue weighted by Gasteiger charge is -2.12. The molecule has 1 aromatic heterocycles. The third-order valence-corrected chi connectivity index (χ3v) is 3.96. The van der Waals surface area contributed by atoms with Crippen molar-refractivity contribution in [3.8, 4) is 11.3 Å². The molecule has 0 aliphatic rings. The predicted octanol–water partition coefficient (Wildman–Crippen LogP) is 3.85. The molecule has 0 atom stereocenters. The number of amides is 1. The van der Waals surface area contributed by atoms with E-state index in [-0.39, 0.29) is 12.3 Å². The largest absolute Gasteiger partial charge is 0.417 e. The van der Waals surface area contributed by atoms with E-state index in [0.29, 0.717) is 16.8 Å². The molecule has 2 N–H and O–H groups in total. The summed E-state index contributed by atoms with van der Waals surface area (Å²) in [6.07, 6.45) is -3.12. The van der Waals surface area contributed by atoms with E-state index in [0.717, 1.165) is 12.1 Å². The molecule has 0 saturated heterocycles. The molecule has 8 heteroatoms. The van der Waals surface area contributed by atoms with E-state index >= 15 is 0 Å². The Labute approximate surface area is 153 Å². The van der Waals surface area contributed by atoms with E-state index in [1.165, 1.54) is 23.0 Å². The van der Waals surface area contributed by atoms with Gasteiger partial charge in [0.05, 0.1) is 23.4 Å². The molecule has 3 aromatic rings. The first-order chi connectivity index (χ1) is 12.8. The Morgan fingerprint density at radius 2 is 1.81 bits per heavy atom. The van der Waals surface area contributed by atoms with Crippen molar-refractivity contribution in [3.63, 3.8) is 0 Å². The van der Waals surface area contributed by atoms with Crippen LogP contribution in [0.15, 0.2) is 54.7 Å². The molecule has 140 valence electrons. The van der Waals surface area contributed by atoms with Gasteiger partial charge in [-0.1, -0.05) is 36.4 Å². The van der Waals surface area contributed by atoms with Crippen LogP contribution in [-0.2, 0) is 19.8 Å². The minimum Gasteiger partial charge on any atom is -0.392 e. The van der Waals surface area contributed by atoms with Gasteiger partial charge < -0.3 is 10.4 Å². The van der Waals surface area contributed by atoms with E-state index in [1.807, 2.05) is 0 Å². The van der Waals surface area contributed by atoms with E-state index < -0.39 is 23.2 Å². The highest BCUT2D eigenvalue weighted by atomic mass is 19.4. The zero-order valence-electron chi connectivity index (χ0n) is 14.3. The number of carbonyl (C=O) groups excluding carboxylic acids is 1. The van der Waals surface area contributed by atoms with E-state index in [9.17, 15) is 18.0 Å². The van der Waals surface area contributed by atoms with Gasteiger partial charge in [0.25, 0.3) is 5.91 Å². The fourth-order valence-corrected chi connectivity index (χ4v) is 2.68. The van der Waals surface area contributed by atoms with Crippen LogP contribution in [0.1, 0.15) is 21.5 Å². The summed E-state index contributed by atoms with van der Waals surface area (Å²) in [5.74, 6) is -0.871. The zero-order chi connectivity index (χ0) is 19.6. The van der Waals surface area contributed by atoms with Crippen molar-refractivity contribution in [2.75, 3.05) is 5.32 Å². The van der Waals surface area contributed by atoms with Gasteiger partial charge in [-0.25, -0.2) is 0 Å². The molecule has 1 heterocycles. The number of aliphatic hydroxyl groups is 1. The molecule has 0 saturated carbocycles. The van der Waals surface area contributed by atoms with Crippen molar-refractivity contribution >= 4 is 11.6 Å². The Morgan fingerprint density at radius 1 is 1.15 bits per heavy atom. The Kier molecular flexibility index (Phi) is 5.00. The second-order valence-electron chi connectivity index (χ2n) is 5.92. The van der Waals surface area contributed by atoms with Gasteiger partial charge >= 0.3 is 6.18 Å². The number of aliphatic hydroxyl groups excluding tert-OH is 1. The molecule has 0 fully saturated rings. The number of aryl methyl sites for hydroxylation is 1. The first-order valence-corrected chi connectivity index (χ1v) is 8.01. The number of aromatic nitrogens is 2. The van der Waals surface area contributed by atoms with Gasteiger partial charge in [0.1, 0.15) is 5.69 Å². The van der Waals surface area contributed by atoms with Crippen molar-refractivity contribution in [2.24, 2.45) is 7.05 Å². The summed E-state index contributed by atoms with van der Waals surface area (Å²) in [5, 5.41) is 15.9. The molecule has 27 heavy (non-hydrogen) atoms. The zero-order valence-corrected chi connectivity index (χ0v) is 14.3. The van der Waals surface area contributed by atoms with Crippen LogP contribution in [0.3, 0.4) is 0 Å². The quantitative estimate of drug-likeness (QED) is 0.728. The van der Waals surface area contributed by atoms with E-state index in [1.54, 1.807) is 31.3 Å². The maximum Gasteiger partial charge on any atom is 0.417 e. The maximum atomic E-state index is 13.2. The van der Waals surface area contributed by atoms with Crippen LogP contribution in [0.25, 0.3) is 11.3 Å². The molecule has 1 amide bonds. The Morgan fingerprint density at radius 3 is 2.44 bits per heavy atom. The fraction of sp³-hybridized carbons (Fsp3) is 0.158. The minimum absolute atomic E-state index is 0.111. The number of nitrogens with one attached hydrogen (secondary N) is 1. The van der Waals surface area contributed by atoms with Crippen molar-refractivity contribution in [1.29, 1.82) is 0 Å². The smallest absolute Gasteiger partial charge is 0.392 e. The minimum atomic E-state index is -4.63. The van der Waals surface area contributed by atoms with Gasteiger partial charge in [-0.3, -0.25) is 9.48 Å². The van der Waals surface area contributed by atoms with Crippen LogP contribution in [0.4, 0.5) is 18.9 Å². The molecule has 0 aliphatic heterocycles. The number of anilines is 1. The molecule has 3 rings (SSSR count). The third kappa shape index (κ3) is 4.01. The highest BCUT2D eigenvalue weighted by Gasteiger charge is 2.35. The molecule has 5 nitrogen and oxygen atoms in total. The van der Waals surface area contributed by atoms with Crippen molar-refractivity contribution in [1.82, 2.24) is 9.78 Å². The van der Waals surface area contributed by atoms with Crippen LogP contribution in [0, 0.1) is 0 Å². The van der Waals surface area contributed by atoms with Gasteiger partial charge in [-0.2, -0.15) is 18.3 Å². The molecule has 0 unspecified atom stereocenters. The average Bonchev–Trinajstić information content (AvgIpc) is 3.01. The number of nitrogens with zero attached hydrogens (tertiary/aromatic N) is 2. The van der Waals surface area contributed by atoms with Gasteiger partial charge in [-0.15, -0.1) is 0 Å². The first-order valence-electron chi connectivity index (χ1n) is 8.01. The van der Waals surface area contributed by atoms with E-state index in [4.69, 9.17) is 5.11 Å². The van der Waals surface area contributed by atoms with Gasteiger partial charge in [0, 0.05) is 18.8 Å². The normalized spacial score (nSPS) is 11.4. The molecular weight excluding hydrogens is 359 g/mol. The molecule has 0 spiro atoms. The molecule has 2 aromatic carbocycles. The van der Waals surface area contributed by atoms with Gasteiger partial charge in [0.2, 0.25) is 0 Å². The SMILES string of the molecule is Cn1cc(NC(=O)c2ccccc2C(F)(F)F)c(-c2ccc(CO)cc2)n1. The number of hydrogen-bond acceptors (Lipinski definition) is 3. The highest BCUT2D eigenvalue weighted by Crippen LogP contribution is 2.33. The first kappa shape index (κ1) is 18.7. The summed E-state index contributed by atoms with van der Waals surface area (Å²) in [5.41, 5.74) is 0.610. The van der Waals surface area contributed by atoms with Crippen LogP contribution in [0.5, 0.6) is 0 Å². The van der Waals surface area contributed by atoms with Crippen LogP contribution >= 0.6 is 0 Å². The summed E-state index contributed by atoms with van der Waals surface area (Å²) in [7, 11) is 1.64. The molecule has 0 bridgehead atoms. The van der Waals surface area contributed by atoms with Gasteiger partial charge in [-0.05, 0) is 17.7 Å². The number of rotatable bonds is 4. The summed E-state index contributed by atoms with van der Waals surface area (Å²) in [6.45, 7) is -0.111. The fourth-order valence-electron chi connectivity index (χ4n) is 2.68. The lowest BCUT2D eigenvalue weighted by molar-refractivity contribution is -0.137. The summed E-state index contributed by atoms with van der Waals surface area (Å²) in [4.78, 5) is 12.5. The summed E-state index contributed by atoms with van der Waals surface area (Å²) >= 11 is 0. The van der Waals surface area contributed by atoms with Crippen molar-refractivity contribution in [2.45, 2.75) is 12.8 Å². The molecular formula is C19H16F3N3O2. The predicted molar refractivity (Wildman–Crippen MR) is 94.0 cm³/mol. The van der Waals surface area contributed by atoms with E-state index in [2.05, 4.69) is 10.4 Å². The summed E-state index contributed by atoms with van der Waals surface area (Å²) in [6, 6.07) is 11.4. The van der Waals surface area contributed by atoms with Crippen LogP contribution < -0.4 is 5.32 Å². The second kappa shape index (κ2) is 7.24. The van der Waals surface area contributed by atoms with Crippen LogP contribution in [0.2, 0.25) is 0 Å². The Balaban J connectivity index is 1.94. The molecule has 0 radical (unpaired) electrons. The number of halogens is 3. The van der Waals surface area contributed by atoms with Crippen molar-refractivity contribution in [3.05, 3.63) is 71.4 Å². The monoisotopic (exact) mass is 375 g/mol. The lowest BCUT2D eigenvalue weighted by atomic mass is 10.1. The van der Waals surface area contributed by atoms with Crippen molar-refractivity contribution < 1.29 is 23.1 Å². The lowest BCUT2D eigenvalue weighted by Crippen LogP contribution is -2.18. The molecule has 0 aliphatic carbocycles. The summed E-state index contributed by atoms with van der Waals surface area (Å²) < 4.78 is 40.9. The Bertz CT molecular complexity index is 963.